The summed E-state index contributed by atoms with van der Waals surface area (Å²) in [5.41, 5.74) is 0. The molecule has 74 valence electrons. The average molecular weight is 285 g/mol. The molecule has 0 spiro atoms. The number of aliphatic hydroxyl groups is 1. The van der Waals surface area contributed by atoms with Crippen molar-refractivity contribution in [2.24, 2.45) is 5.92 Å². The Hall–Kier alpha value is 0.650. The van der Waals surface area contributed by atoms with Crippen molar-refractivity contribution in [3.05, 3.63) is 0 Å². The van der Waals surface area contributed by atoms with Gasteiger partial charge in [0.2, 0.25) is 0 Å². The topological polar surface area (TPSA) is 23.5 Å². The zero-order chi connectivity index (χ0) is 9.40. The highest BCUT2D eigenvalue weighted by Crippen LogP contribution is 2.09. The minimum absolute atomic E-state index is 0.339. The largest absolute Gasteiger partial charge is 0.396 e. The third-order valence-corrected chi connectivity index (χ3v) is 2.46. The van der Waals surface area contributed by atoms with Crippen molar-refractivity contribution in [3.63, 3.8) is 0 Å². The summed E-state index contributed by atoms with van der Waals surface area (Å²) in [4.78, 5) is 0. The van der Waals surface area contributed by atoms with Crippen molar-refractivity contribution >= 4 is 22.9 Å². The van der Waals surface area contributed by atoms with Crippen LogP contribution in [0.1, 0.15) is 32.6 Å². The Bertz CT molecular complexity index is 98.5. The molecule has 0 aromatic carbocycles. The van der Waals surface area contributed by atoms with E-state index in [1.54, 1.807) is 0 Å². The molecule has 0 aliphatic heterocycles. The van der Waals surface area contributed by atoms with E-state index >= 15 is 0 Å². The second kappa shape index (κ2) is 8.26. The lowest BCUT2D eigenvalue weighted by molar-refractivity contribution is 0.227. The van der Waals surface area contributed by atoms with Crippen LogP contribution in [0.5, 0.6) is 0 Å². The molecule has 0 unspecified atom stereocenters. The lowest BCUT2D eigenvalue weighted by atomic mass is 10.0. The van der Waals surface area contributed by atoms with Gasteiger partial charge in [-0.3, -0.25) is 3.11 Å². The van der Waals surface area contributed by atoms with Gasteiger partial charge in [0.25, 0.3) is 0 Å². The summed E-state index contributed by atoms with van der Waals surface area (Å²) >= 11 is 2.31. The summed E-state index contributed by atoms with van der Waals surface area (Å²) in [6.45, 7) is 3.62. The molecule has 2 nitrogen and oxygen atoms in total. The molecule has 0 aromatic heterocycles. The molecular formula is C9H20INO. The Morgan fingerprint density at radius 2 is 2.00 bits per heavy atom. The van der Waals surface area contributed by atoms with Gasteiger partial charge < -0.3 is 5.11 Å². The van der Waals surface area contributed by atoms with Gasteiger partial charge >= 0.3 is 0 Å². The summed E-state index contributed by atoms with van der Waals surface area (Å²) in [5, 5.41) is 8.77. The fourth-order valence-electron chi connectivity index (χ4n) is 1.09. The van der Waals surface area contributed by atoms with E-state index in [1.807, 2.05) is 0 Å². The molecule has 0 heterocycles. The highest BCUT2D eigenvalue weighted by atomic mass is 127. The maximum absolute atomic E-state index is 8.77. The minimum Gasteiger partial charge on any atom is -0.396 e. The predicted molar refractivity (Wildman–Crippen MR) is 61.4 cm³/mol. The highest BCUT2D eigenvalue weighted by Gasteiger charge is 1.99. The standard InChI is InChI=1S/C9H20INO/c1-9(8-12)6-4-3-5-7-11(2)10/h9,12H,3-8H2,1-2H3/t9-/m0/s1. The van der Waals surface area contributed by atoms with Crippen LogP contribution in [0.3, 0.4) is 0 Å². The Morgan fingerprint density at radius 3 is 2.50 bits per heavy atom. The number of rotatable bonds is 7. The first-order chi connectivity index (χ1) is 5.66. The van der Waals surface area contributed by atoms with Crippen LogP contribution >= 0.6 is 22.9 Å². The van der Waals surface area contributed by atoms with E-state index in [2.05, 4.69) is 39.9 Å². The van der Waals surface area contributed by atoms with Crippen LogP contribution in [0.2, 0.25) is 0 Å². The molecule has 0 radical (unpaired) electrons. The van der Waals surface area contributed by atoms with Gasteiger partial charge in [-0.15, -0.1) is 0 Å². The molecule has 0 rings (SSSR count). The first-order valence-electron chi connectivity index (χ1n) is 4.64. The molecule has 1 N–H and O–H groups in total. The molecule has 0 aliphatic carbocycles. The van der Waals surface area contributed by atoms with Gasteiger partial charge in [-0.2, -0.15) is 0 Å². The molecular weight excluding hydrogens is 265 g/mol. The van der Waals surface area contributed by atoms with Crippen LogP contribution in [-0.2, 0) is 0 Å². The van der Waals surface area contributed by atoms with Crippen LogP contribution < -0.4 is 0 Å². The van der Waals surface area contributed by atoms with Crippen LogP contribution in [0.25, 0.3) is 0 Å². The molecule has 0 fully saturated rings. The monoisotopic (exact) mass is 285 g/mol. The van der Waals surface area contributed by atoms with Crippen LogP contribution in [0.15, 0.2) is 0 Å². The van der Waals surface area contributed by atoms with E-state index < -0.39 is 0 Å². The van der Waals surface area contributed by atoms with E-state index in [-0.39, 0.29) is 0 Å². The Labute approximate surface area is 89.8 Å². The number of unbranched alkanes of at least 4 members (excludes halogenated alkanes) is 2. The van der Waals surface area contributed by atoms with E-state index in [1.165, 1.54) is 32.2 Å². The predicted octanol–water partition coefficient (Wildman–Crippen LogP) is 2.46. The molecule has 1 atom stereocenters. The second-order valence-electron chi connectivity index (χ2n) is 3.47. The van der Waals surface area contributed by atoms with E-state index in [0.29, 0.717) is 12.5 Å². The van der Waals surface area contributed by atoms with Gasteiger partial charge in [0.1, 0.15) is 0 Å². The minimum atomic E-state index is 0.339. The number of halogens is 1. The summed E-state index contributed by atoms with van der Waals surface area (Å²) < 4.78 is 2.19. The van der Waals surface area contributed by atoms with Crippen LogP contribution in [-0.4, -0.2) is 28.4 Å². The lowest BCUT2D eigenvalue weighted by Crippen LogP contribution is -2.05. The van der Waals surface area contributed by atoms with Crippen molar-refractivity contribution in [1.29, 1.82) is 0 Å². The molecule has 0 saturated carbocycles. The zero-order valence-electron chi connectivity index (χ0n) is 8.09. The van der Waals surface area contributed by atoms with Gasteiger partial charge in [-0.05, 0) is 25.8 Å². The van der Waals surface area contributed by atoms with Crippen molar-refractivity contribution in [2.75, 3.05) is 20.2 Å². The summed E-state index contributed by atoms with van der Waals surface area (Å²) in [5.74, 6) is 0.488. The number of hydrogen-bond acceptors (Lipinski definition) is 2. The van der Waals surface area contributed by atoms with E-state index in [0.717, 1.165) is 0 Å². The Balaban J connectivity index is 3.00. The Kier molecular flexibility index (Phi) is 8.70. The fraction of sp³-hybridized carbons (Fsp3) is 1.00. The maximum atomic E-state index is 8.77. The fourth-order valence-corrected chi connectivity index (χ4v) is 1.43. The highest BCUT2D eigenvalue weighted by molar-refractivity contribution is 14.1. The van der Waals surface area contributed by atoms with Gasteiger partial charge in [0.15, 0.2) is 0 Å². The van der Waals surface area contributed by atoms with Crippen molar-refractivity contribution in [2.45, 2.75) is 32.6 Å². The Morgan fingerprint density at radius 1 is 1.33 bits per heavy atom. The molecule has 0 amide bonds. The quantitative estimate of drug-likeness (QED) is 0.441. The van der Waals surface area contributed by atoms with Gasteiger partial charge in [-0.25, -0.2) is 0 Å². The maximum Gasteiger partial charge on any atom is 0.0456 e. The molecule has 0 saturated heterocycles. The van der Waals surface area contributed by atoms with Crippen molar-refractivity contribution < 1.29 is 5.11 Å². The van der Waals surface area contributed by atoms with Crippen molar-refractivity contribution in [3.8, 4) is 0 Å². The molecule has 0 aliphatic rings. The number of nitrogens with zero attached hydrogens (tertiary/aromatic N) is 1. The summed E-state index contributed by atoms with van der Waals surface area (Å²) in [7, 11) is 2.09. The number of aliphatic hydroxyl groups excluding tert-OH is 1. The lowest BCUT2D eigenvalue weighted by Gasteiger charge is -2.08. The second-order valence-corrected chi connectivity index (χ2v) is 5.11. The van der Waals surface area contributed by atoms with Crippen LogP contribution in [0, 0.1) is 5.92 Å². The first-order valence-corrected chi connectivity index (χ1v) is 5.61. The summed E-state index contributed by atoms with van der Waals surface area (Å²) in [6, 6.07) is 0. The van der Waals surface area contributed by atoms with Gasteiger partial charge in [-0.1, -0.05) is 19.8 Å². The third-order valence-electron chi connectivity index (χ3n) is 1.97. The third kappa shape index (κ3) is 8.74. The average Bonchev–Trinajstić information content (AvgIpc) is 2.03. The smallest absolute Gasteiger partial charge is 0.0456 e. The van der Waals surface area contributed by atoms with E-state index in [4.69, 9.17) is 5.11 Å². The summed E-state index contributed by atoms with van der Waals surface area (Å²) in [6.07, 6.45) is 4.99. The van der Waals surface area contributed by atoms with Crippen LogP contribution in [0.4, 0.5) is 0 Å². The molecule has 0 bridgehead atoms. The zero-order valence-corrected chi connectivity index (χ0v) is 10.2. The van der Waals surface area contributed by atoms with Gasteiger partial charge in [0.05, 0.1) is 0 Å². The normalized spacial score (nSPS) is 13.8. The SMILES string of the molecule is C[C@H](CO)CCCCCN(C)I. The first kappa shape index (κ1) is 12.7. The van der Waals surface area contributed by atoms with E-state index in [9.17, 15) is 0 Å². The number of hydrogen-bond donors (Lipinski definition) is 1. The molecule has 0 aromatic rings. The molecule has 3 heteroatoms. The van der Waals surface area contributed by atoms with Gasteiger partial charge in [0, 0.05) is 36.0 Å². The van der Waals surface area contributed by atoms with Crippen molar-refractivity contribution in [1.82, 2.24) is 3.11 Å². The molecule has 12 heavy (non-hydrogen) atoms.